The van der Waals surface area contributed by atoms with Crippen LogP contribution in [-0.2, 0) is 4.79 Å². The zero-order valence-corrected chi connectivity index (χ0v) is 14.1. The Morgan fingerprint density at radius 3 is 2.16 bits per heavy atom. The molecule has 2 N–H and O–H groups in total. The number of carbonyl (C=O) groups excluding carboxylic acids is 1. The van der Waals surface area contributed by atoms with E-state index in [1.54, 1.807) is 6.92 Å². The van der Waals surface area contributed by atoms with Gasteiger partial charge in [-0.25, -0.2) is 0 Å². The lowest BCUT2D eigenvalue weighted by Gasteiger charge is -2.16. The van der Waals surface area contributed by atoms with Gasteiger partial charge in [-0.1, -0.05) is 6.07 Å². The monoisotopic (exact) mass is 352 g/mol. The van der Waals surface area contributed by atoms with Crippen molar-refractivity contribution in [1.82, 2.24) is 0 Å². The smallest absolute Gasteiger partial charge is 0.406 e. The van der Waals surface area contributed by atoms with E-state index in [1.165, 1.54) is 24.3 Å². The molecule has 0 bridgehead atoms. The fourth-order valence-corrected chi connectivity index (χ4v) is 2.14. The molecule has 0 aromatic heterocycles. The van der Waals surface area contributed by atoms with E-state index in [0.717, 1.165) is 11.1 Å². The molecule has 0 aliphatic rings. The summed E-state index contributed by atoms with van der Waals surface area (Å²) in [4.78, 5) is 12.2. The van der Waals surface area contributed by atoms with E-state index in [4.69, 9.17) is 0 Å². The largest absolute Gasteiger partial charge is 0.573 e. The minimum absolute atomic E-state index is 0.251. The number of rotatable bonds is 5. The minimum atomic E-state index is -4.73. The van der Waals surface area contributed by atoms with Crippen LogP contribution in [0.5, 0.6) is 5.75 Å². The van der Waals surface area contributed by atoms with Crippen LogP contribution >= 0.6 is 0 Å². The first-order chi connectivity index (χ1) is 11.6. The number of anilines is 2. The zero-order valence-electron chi connectivity index (χ0n) is 14.1. The number of hydrogen-bond acceptors (Lipinski definition) is 3. The molecule has 2 aromatic rings. The highest BCUT2D eigenvalue weighted by atomic mass is 19.4. The van der Waals surface area contributed by atoms with E-state index in [1.807, 2.05) is 32.0 Å². The van der Waals surface area contributed by atoms with Gasteiger partial charge in [0.05, 0.1) is 0 Å². The standard InChI is InChI=1S/C18H19F3N2O2/c1-11-4-5-15(10-12(11)2)23-17(24)13(3)22-14-6-8-16(9-7-14)25-18(19,20)21/h4-10,13,22H,1-3H3,(H,23,24). The van der Waals surface area contributed by atoms with Crippen LogP contribution in [-0.4, -0.2) is 18.3 Å². The van der Waals surface area contributed by atoms with Gasteiger partial charge in [0.1, 0.15) is 11.8 Å². The van der Waals surface area contributed by atoms with E-state index < -0.39 is 12.4 Å². The molecular weight excluding hydrogens is 333 g/mol. The number of hydrogen-bond donors (Lipinski definition) is 2. The van der Waals surface area contributed by atoms with Gasteiger partial charge in [0.15, 0.2) is 0 Å². The Morgan fingerprint density at radius 2 is 1.60 bits per heavy atom. The van der Waals surface area contributed by atoms with E-state index in [9.17, 15) is 18.0 Å². The van der Waals surface area contributed by atoms with E-state index in [0.29, 0.717) is 11.4 Å². The molecule has 2 aromatic carbocycles. The van der Waals surface area contributed by atoms with Crippen LogP contribution in [0, 0.1) is 13.8 Å². The second-order valence-corrected chi connectivity index (χ2v) is 5.73. The fourth-order valence-electron chi connectivity index (χ4n) is 2.14. The molecule has 0 aliphatic heterocycles. The van der Waals surface area contributed by atoms with Crippen molar-refractivity contribution in [1.29, 1.82) is 0 Å². The van der Waals surface area contributed by atoms with Crippen LogP contribution in [0.3, 0.4) is 0 Å². The summed E-state index contributed by atoms with van der Waals surface area (Å²) in [6.07, 6.45) is -4.73. The Bertz CT molecular complexity index is 743. The summed E-state index contributed by atoms with van der Waals surface area (Å²) in [7, 11) is 0. The third kappa shape index (κ3) is 5.70. The molecule has 7 heteroatoms. The average molecular weight is 352 g/mol. The van der Waals surface area contributed by atoms with Gasteiger partial charge < -0.3 is 15.4 Å². The molecular formula is C18H19F3N2O2. The highest BCUT2D eigenvalue weighted by Crippen LogP contribution is 2.24. The second-order valence-electron chi connectivity index (χ2n) is 5.73. The van der Waals surface area contributed by atoms with Crippen molar-refractivity contribution < 1.29 is 22.7 Å². The predicted molar refractivity (Wildman–Crippen MR) is 90.8 cm³/mol. The second kappa shape index (κ2) is 7.46. The number of nitrogens with one attached hydrogen (secondary N) is 2. The Kier molecular flexibility index (Phi) is 5.56. The molecule has 0 saturated heterocycles. The third-order valence-corrected chi connectivity index (χ3v) is 3.64. The molecule has 0 spiro atoms. The maximum Gasteiger partial charge on any atom is 0.573 e. The minimum Gasteiger partial charge on any atom is -0.406 e. The molecule has 1 atom stereocenters. The average Bonchev–Trinajstić information content (AvgIpc) is 2.51. The van der Waals surface area contributed by atoms with Crippen LogP contribution in [0.1, 0.15) is 18.1 Å². The molecule has 1 amide bonds. The fraction of sp³-hybridized carbons (Fsp3) is 0.278. The lowest BCUT2D eigenvalue weighted by molar-refractivity contribution is -0.274. The summed E-state index contributed by atoms with van der Waals surface area (Å²) < 4.78 is 40.2. The maximum atomic E-state index is 12.2. The van der Waals surface area contributed by atoms with Crippen molar-refractivity contribution in [2.45, 2.75) is 33.2 Å². The predicted octanol–water partition coefficient (Wildman–Crippen LogP) is 4.64. The Labute approximate surface area is 144 Å². The van der Waals surface area contributed by atoms with Crippen LogP contribution in [0.2, 0.25) is 0 Å². The Morgan fingerprint density at radius 1 is 1.00 bits per heavy atom. The summed E-state index contributed by atoms with van der Waals surface area (Å²) in [5, 5.41) is 5.73. The number of ether oxygens (including phenoxy) is 1. The van der Waals surface area contributed by atoms with Crippen molar-refractivity contribution in [2.24, 2.45) is 0 Å². The maximum absolute atomic E-state index is 12.2. The normalized spacial score (nSPS) is 12.4. The van der Waals surface area contributed by atoms with Crippen molar-refractivity contribution in [3.8, 4) is 5.75 Å². The van der Waals surface area contributed by atoms with Gasteiger partial charge in [-0.05, 0) is 68.3 Å². The SMILES string of the molecule is Cc1ccc(NC(=O)C(C)Nc2ccc(OC(F)(F)F)cc2)cc1C. The third-order valence-electron chi connectivity index (χ3n) is 3.64. The number of alkyl halides is 3. The van der Waals surface area contributed by atoms with Crippen LogP contribution in [0.25, 0.3) is 0 Å². The van der Waals surface area contributed by atoms with E-state index in [-0.39, 0.29) is 11.7 Å². The topological polar surface area (TPSA) is 50.4 Å². The molecule has 0 heterocycles. The van der Waals surface area contributed by atoms with E-state index >= 15 is 0 Å². The Hall–Kier alpha value is -2.70. The van der Waals surface area contributed by atoms with Crippen molar-refractivity contribution in [3.63, 3.8) is 0 Å². The highest BCUT2D eigenvalue weighted by Gasteiger charge is 2.31. The van der Waals surface area contributed by atoms with Gasteiger partial charge in [0.2, 0.25) is 5.91 Å². The number of halogens is 3. The first-order valence-corrected chi connectivity index (χ1v) is 7.64. The van der Waals surface area contributed by atoms with Gasteiger partial charge in [0.25, 0.3) is 0 Å². The van der Waals surface area contributed by atoms with E-state index in [2.05, 4.69) is 15.4 Å². The Balaban J connectivity index is 1.95. The molecule has 0 fully saturated rings. The summed E-state index contributed by atoms with van der Waals surface area (Å²) in [6.45, 7) is 5.60. The van der Waals surface area contributed by atoms with Crippen LogP contribution in [0.15, 0.2) is 42.5 Å². The van der Waals surface area contributed by atoms with Crippen molar-refractivity contribution in [3.05, 3.63) is 53.6 Å². The van der Waals surface area contributed by atoms with Crippen molar-refractivity contribution >= 4 is 17.3 Å². The molecule has 134 valence electrons. The van der Waals surface area contributed by atoms with Gasteiger partial charge in [-0.15, -0.1) is 13.2 Å². The highest BCUT2D eigenvalue weighted by molar-refractivity contribution is 5.96. The summed E-state index contributed by atoms with van der Waals surface area (Å²) in [6, 6.07) is 10.2. The number of carbonyl (C=O) groups is 1. The number of benzene rings is 2. The van der Waals surface area contributed by atoms with Gasteiger partial charge in [0, 0.05) is 11.4 Å². The lowest BCUT2D eigenvalue weighted by atomic mass is 10.1. The quantitative estimate of drug-likeness (QED) is 0.824. The lowest BCUT2D eigenvalue weighted by Crippen LogP contribution is -2.31. The van der Waals surface area contributed by atoms with Gasteiger partial charge in [-0.3, -0.25) is 4.79 Å². The molecule has 0 aliphatic carbocycles. The molecule has 4 nitrogen and oxygen atoms in total. The van der Waals surface area contributed by atoms with Crippen LogP contribution in [0.4, 0.5) is 24.5 Å². The first-order valence-electron chi connectivity index (χ1n) is 7.64. The molecule has 0 radical (unpaired) electrons. The summed E-state index contributed by atoms with van der Waals surface area (Å²) >= 11 is 0. The molecule has 1 unspecified atom stereocenters. The van der Waals surface area contributed by atoms with Gasteiger partial charge in [-0.2, -0.15) is 0 Å². The zero-order chi connectivity index (χ0) is 18.6. The molecule has 2 rings (SSSR count). The van der Waals surface area contributed by atoms with Crippen molar-refractivity contribution in [2.75, 3.05) is 10.6 Å². The number of amides is 1. The molecule has 25 heavy (non-hydrogen) atoms. The summed E-state index contributed by atoms with van der Waals surface area (Å²) in [5.41, 5.74) is 3.40. The van der Waals surface area contributed by atoms with Gasteiger partial charge >= 0.3 is 6.36 Å². The summed E-state index contributed by atoms with van der Waals surface area (Å²) in [5.74, 6) is -0.566. The van der Waals surface area contributed by atoms with Crippen LogP contribution < -0.4 is 15.4 Å². The number of aryl methyl sites for hydroxylation is 2. The first kappa shape index (κ1) is 18.6. The molecule has 0 saturated carbocycles.